The minimum Gasteiger partial charge on any atom is -0.447 e. The van der Waals surface area contributed by atoms with Crippen LogP contribution >= 0.6 is 0 Å². The number of hydrogen-bond donors (Lipinski definition) is 2. The zero-order valence-electron chi connectivity index (χ0n) is 20.6. The first-order chi connectivity index (χ1) is 16.6. The van der Waals surface area contributed by atoms with E-state index < -0.39 is 40.9 Å². The minimum absolute atomic E-state index is 0.0147. The van der Waals surface area contributed by atoms with Crippen LogP contribution in [0.2, 0.25) is 0 Å². The largest absolute Gasteiger partial charge is 0.447 e. The highest BCUT2D eigenvalue weighted by atomic mass is 16.6. The third-order valence-corrected chi connectivity index (χ3v) is 9.81. The van der Waals surface area contributed by atoms with Crippen LogP contribution in [0.5, 0.6) is 0 Å². The van der Waals surface area contributed by atoms with Gasteiger partial charge in [-0.15, -0.1) is 0 Å². The number of ketones is 2. The number of benzene rings is 1. The highest BCUT2D eigenvalue weighted by Crippen LogP contribution is 2.68. The molecule has 1 aromatic carbocycles. The van der Waals surface area contributed by atoms with Crippen molar-refractivity contribution in [3.8, 4) is 0 Å². The van der Waals surface area contributed by atoms with Gasteiger partial charge in [0.05, 0.1) is 11.7 Å². The Bertz CT molecular complexity index is 1120. The maximum absolute atomic E-state index is 13.4. The topological polar surface area (TPSA) is 101 Å². The van der Waals surface area contributed by atoms with Gasteiger partial charge in [-0.2, -0.15) is 0 Å². The third kappa shape index (κ3) is 3.33. The first-order valence-electron chi connectivity index (χ1n) is 12.6. The van der Waals surface area contributed by atoms with Crippen LogP contribution in [0.3, 0.4) is 0 Å². The van der Waals surface area contributed by atoms with Gasteiger partial charge in [0.25, 0.3) is 0 Å². The Morgan fingerprint density at radius 1 is 1.17 bits per heavy atom. The normalized spacial score (nSPS) is 41.9. The van der Waals surface area contributed by atoms with Gasteiger partial charge in [-0.25, -0.2) is 4.79 Å². The molecule has 3 fully saturated rings. The quantitative estimate of drug-likeness (QED) is 0.641. The molecular formula is C29H34O6. The summed E-state index contributed by atoms with van der Waals surface area (Å²) in [6.07, 6.45) is 6.62. The van der Waals surface area contributed by atoms with Crippen molar-refractivity contribution in [2.45, 2.75) is 58.2 Å². The van der Waals surface area contributed by atoms with Crippen LogP contribution < -0.4 is 0 Å². The van der Waals surface area contributed by atoms with Gasteiger partial charge in [-0.3, -0.25) is 9.59 Å². The average Bonchev–Trinajstić information content (AvgIpc) is 3.12. The second-order valence-corrected chi connectivity index (χ2v) is 11.4. The van der Waals surface area contributed by atoms with Gasteiger partial charge < -0.3 is 14.9 Å². The molecule has 6 nitrogen and oxygen atoms in total. The fraction of sp³-hybridized carbons (Fsp3) is 0.552. The Morgan fingerprint density at radius 3 is 2.57 bits per heavy atom. The van der Waals surface area contributed by atoms with E-state index in [0.29, 0.717) is 18.4 Å². The maximum Gasteiger partial charge on any atom is 0.339 e. The van der Waals surface area contributed by atoms with Crippen LogP contribution in [-0.2, 0) is 14.3 Å². The number of hydrogen-bond acceptors (Lipinski definition) is 6. The van der Waals surface area contributed by atoms with E-state index in [-0.39, 0.29) is 35.9 Å². The molecule has 0 bridgehead atoms. The molecule has 0 aliphatic heterocycles. The molecule has 1 unspecified atom stereocenters. The second-order valence-electron chi connectivity index (χ2n) is 11.4. The summed E-state index contributed by atoms with van der Waals surface area (Å²) in [7, 11) is 0. The van der Waals surface area contributed by atoms with Crippen molar-refractivity contribution < 1.29 is 29.3 Å². The second kappa shape index (κ2) is 8.24. The fourth-order valence-electron chi connectivity index (χ4n) is 8.34. The van der Waals surface area contributed by atoms with Crippen molar-refractivity contribution >= 4 is 17.5 Å². The molecule has 3 saturated carbocycles. The molecule has 8 atom stereocenters. The summed E-state index contributed by atoms with van der Waals surface area (Å²) in [5, 5.41) is 21.6. The lowest BCUT2D eigenvalue weighted by Crippen LogP contribution is -2.63. The fourth-order valence-corrected chi connectivity index (χ4v) is 8.34. The number of aliphatic hydroxyl groups is 2. The average molecular weight is 479 g/mol. The van der Waals surface area contributed by atoms with Crippen molar-refractivity contribution in [1.29, 1.82) is 0 Å². The van der Waals surface area contributed by atoms with Gasteiger partial charge in [0, 0.05) is 16.7 Å². The van der Waals surface area contributed by atoms with Crippen LogP contribution in [0.25, 0.3) is 0 Å². The molecule has 1 aromatic rings. The van der Waals surface area contributed by atoms with Crippen molar-refractivity contribution in [3.63, 3.8) is 0 Å². The first-order valence-corrected chi connectivity index (χ1v) is 12.6. The van der Waals surface area contributed by atoms with E-state index in [4.69, 9.17) is 4.74 Å². The number of carbonyl (C=O) groups is 3. The predicted octanol–water partition coefficient (Wildman–Crippen LogP) is 3.67. The lowest BCUT2D eigenvalue weighted by molar-refractivity contribution is -0.181. The molecule has 5 rings (SSSR count). The molecule has 0 spiro atoms. The molecule has 2 N–H and O–H groups in total. The van der Waals surface area contributed by atoms with Crippen molar-refractivity contribution in [3.05, 3.63) is 59.7 Å². The van der Waals surface area contributed by atoms with Gasteiger partial charge in [-0.05, 0) is 67.7 Å². The van der Waals surface area contributed by atoms with Gasteiger partial charge in [0.15, 0.2) is 11.4 Å². The number of Topliss-reactive ketones (excluding diaryl/α,β-unsaturated/α-hetero) is 1. The summed E-state index contributed by atoms with van der Waals surface area (Å²) < 4.78 is 6.08. The summed E-state index contributed by atoms with van der Waals surface area (Å²) in [5.74, 6) is -0.939. The molecule has 0 aromatic heterocycles. The number of ether oxygens (including phenoxy) is 1. The van der Waals surface area contributed by atoms with Gasteiger partial charge in [0.2, 0.25) is 5.78 Å². The smallest absolute Gasteiger partial charge is 0.339 e. The molecule has 186 valence electrons. The summed E-state index contributed by atoms with van der Waals surface area (Å²) in [6, 6.07) is 8.57. The summed E-state index contributed by atoms with van der Waals surface area (Å²) in [4.78, 5) is 38.7. The number of carbonyl (C=O) groups excluding carboxylic acids is 3. The zero-order valence-corrected chi connectivity index (χ0v) is 20.6. The third-order valence-electron chi connectivity index (χ3n) is 9.81. The summed E-state index contributed by atoms with van der Waals surface area (Å²) in [5.41, 5.74) is -1.33. The van der Waals surface area contributed by atoms with E-state index in [0.717, 1.165) is 12.0 Å². The van der Waals surface area contributed by atoms with Crippen molar-refractivity contribution in [2.24, 2.45) is 34.5 Å². The van der Waals surface area contributed by atoms with Gasteiger partial charge in [-0.1, -0.05) is 50.6 Å². The van der Waals surface area contributed by atoms with Crippen LogP contribution in [0.15, 0.2) is 54.1 Å². The van der Waals surface area contributed by atoms with E-state index in [9.17, 15) is 24.6 Å². The monoisotopic (exact) mass is 478 g/mol. The predicted molar refractivity (Wildman–Crippen MR) is 129 cm³/mol. The summed E-state index contributed by atoms with van der Waals surface area (Å²) >= 11 is 0. The van der Waals surface area contributed by atoms with Crippen molar-refractivity contribution in [2.75, 3.05) is 6.61 Å². The highest BCUT2D eigenvalue weighted by molar-refractivity contribution is 6.01. The molecule has 0 radical (unpaired) electrons. The van der Waals surface area contributed by atoms with Crippen molar-refractivity contribution in [1.82, 2.24) is 0 Å². The van der Waals surface area contributed by atoms with E-state index in [2.05, 4.69) is 13.8 Å². The molecule has 0 heterocycles. The lowest BCUT2D eigenvalue weighted by atomic mass is 9.44. The Labute approximate surface area is 206 Å². The minimum atomic E-state index is -1.50. The Balaban J connectivity index is 1.55. The summed E-state index contributed by atoms with van der Waals surface area (Å²) in [6.45, 7) is 5.47. The number of allylic oxidation sites excluding steroid dienone is 4. The Morgan fingerprint density at radius 2 is 1.89 bits per heavy atom. The SMILES string of the molecule is CC1C[C@@H]2[C@H]([C@@H](O)C[C@@]3(C)[C@H]2CC[C@]3(OC(=O)c2ccccc2)C(=O)CO)[C@@]2(C)C=CC(=O)C=C12. The Kier molecular flexibility index (Phi) is 5.68. The van der Waals surface area contributed by atoms with Crippen LogP contribution in [-0.4, -0.2) is 46.1 Å². The molecule has 4 aliphatic carbocycles. The number of aliphatic hydroxyl groups excluding tert-OH is 2. The highest BCUT2D eigenvalue weighted by Gasteiger charge is 2.70. The number of fused-ring (bicyclic) bond motifs is 5. The van der Waals surface area contributed by atoms with Gasteiger partial charge in [0.1, 0.15) is 6.61 Å². The van der Waals surface area contributed by atoms with Gasteiger partial charge >= 0.3 is 5.97 Å². The number of esters is 1. The zero-order chi connectivity index (χ0) is 25.2. The standard InChI is InChI=1S/C29H34O6/c1-17-13-20-21-10-12-29(24(33)16-30,35-26(34)18-7-5-4-6-8-18)28(21,3)15-23(32)25(20)27(2)11-9-19(31)14-22(17)27/h4-9,11,14,17,20-21,23,25,30,32H,10,12-13,15-16H2,1-3H3/t17?,20-,21-,23-,25+,27-,28-,29-/m0/s1. The van der Waals surface area contributed by atoms with E-state index in [1.165, 1.54) is 0 Å². The molecule has 6 heteroatoms. The molecule has 35 heavy (non-hydrogen) atoms. The van der Waals surface area contributed by atoms with Crippen LogP contribution in [0.1, 0.15) is 56.8 Å². The molecule has 0 saturated heterocycles. The first kappa shape index (κ1) is 24.1. The molecule has 0 amide bonds. The lowest BCUT2D eigenvalue weighted by Gasteiger charge is -2.61. The van der Waals surface area contributed by atoms with Crippen LogP contribution in [0.4, 0.5) is 0 Å². The maximum atomic E-state index is 13.4. The van der Waals surface area contributed by atoms with E-state index in [1.54, 1.807) is 42.5 Å². The Hall–Kier alpha value is -2.57. The van der Waals surface area contributed by atoms with Crippen LogP contribution in [0, 0.1) is 34.5 Å². The number of rotatable bonds is 4. The molecule has 4 aliphatic rings. The molecular weight excluding hydrogens is 444 g/mol. The van der Waals surface area contributed by atoms with E-state index in [1.807, 2.05) is 13.0 Å². The van der Waals surface area contributed by atoms with E-state index >= 15 is 0 Å².